The molecule has 1 aromatic rings. The topological polar surface area (TPSA) is 55.6 Å². The van der Waals surface area contributed by atoms with Crippen molar-refractivity contribution in [3.8, 4) is 5.75 Å². The first kappa shape index (κ1) is 11.4. The van der Waals surface area contributed by atoms with Crippen molar-refractivity contribution in [1.29, 1.82) is 0 Å². The molecular formula is C11H16N2O2. The number of amides is 1. The highest BCUT2D eigenvalue weighted by Crippen LogP contribution is 2.28. The minimum Gasteiger partial charge on any atom is -0.410 e. The number of anilines is 1. The van der Waals surface area contributed by atoms with Crippen molar-refractivity contribution >= 4 is 11.8 Å². The molecule has 4 heteroatoms. The summed E-state index contributed by atoms with van der Waals surface area (Å²) in [4.78, 5) is 12.6. The van der Waals surface area contributed by atoms with Gasteiger partial charge in [-0.25, -0.2) is 4.79 Å². The number of nitrogens with zero attached hydrogens (tertiary/aromatic N) is 1. The van der Waals surface area contributed by atoms with Gasteiger partial charge in [0, 0.05) is 19.8 Å². The molecule has 0 unspecified atom stereocenters. The van der Waals surface area contributed by atoms with Crippen LogP contribution in [0.15, 0.2) is 12.1 Å². The second-order valence-corrected chi connectivity index (χ2v) is 3.72. The van der Waals surface area contributed by atoms with Gasteiger partial charge in [-0.05, 0) is 37.1 Å². The lowest BCUT2D eigenvalue weighted by molar-refractivity contribution is 0.211. The van der Waals surface area contributed by atoms with Crippen LogP contribution < -0.4 is 15.4 Å². The third-order valence-corrected chi connectivity index (χ3v) is 2.13. The van der Waals surface area contributed by atoms with Gasteiger partial charge in [0.05, 0.1) is 0 Å². The van der Waals surface area contributed by atoms with E-state index in [0.717, 1.165) is 16.8 Å². The molecule has 0 bridgehead atoms. The molecule has 0 radical (unpaired) electrons. The van der Waals surface area contributed by atoms with Crippen LogP contribution in [0.4, 0.5) is 10.5 Å². The van der Waals surface area contributed by atoms with E-state index in [2.05, 4.69) is 0 Å². The molecule has 0 saturated carbocycles. The molecule has 0 fully saturated rings. The first-order valence-electron chi connectivity index (χ1n) is 4.67. The predicted molar refractivity (Wildman–Crippen MR) is 60.5 cm³/mol. The van der Waals surface area contributed by atoms with E-state index in [0.29, 0.717) is 5.75 Å². The van der Waals surface area contributed by atoms with E-state index in [1.807, 2.05) is 32.8 Å². The Morgan fingerprint density at radius 2 is 1.73 bits per heavy atom. The zero-order valence-corrected chi connectivity index (χ0v) is 9.50. The standard InChI is InChI=1S/C11H16N2O2/c1-7-5-9(15-11(12)14)6-8(2)10(7)13(3)4/h5-6H,1-4H3,(H2,12,14). The quantitative estimate of drug-likeness (QED) is 0.806. The van der Waals surface area contributed by atoms with Crippen molar-refractivity contribution in [1.82, 2.24) is 0 Å². The van der Waals surface area contributed by atoms with Gasteiger partial charge in [0.25, 0.3) is 0 Å². The van der Waals surface area contributed by atoms with E-state index < -0.39 is 6.09 Å². The number of rotatable bonds is 2. The zero-order chi connectivity index (χ0) is 11.6. The number of benzene rings is 1. The predicted octanol–water partition coefficient (Wildman–Crippen LogP) is 1.83. The van der Waals surface area contributed by atoms with Crippen LogP contribution in [-0.4, -0.2) is 20.2 Å². The normalized spacial score (nSPS) is 9.87. The number of hydrogen-bond acceptors (Lipinski definition) is 3. The lowest BCUT2D eigenvalue weighted by Crippen LogP contribution is -2.17. The highest BCUT2D eigenvalue weighted by Gasteiger charge is 2.08. The maximum absolute atomic E-state index is 10.6. The summed E-state index contributed by atoms with van der Waals surface area (Å²) < 4.78 is 4.83. The van der Waals surface area contributed by atoms with Crippen LogP contribution in [0, 0.1) is 13.8 Å². The largest absolute Gasteiger partial charge is 0.410 e. The fourth-order valence-corrected chi connectivity index (χ4v) is 1.80. The van der Waals surface area contributed by atoms with Gasteiger partial charge in [-0.2, -0.15) is 0 Å². The summed E-state index contributed by atoms with van der Waals surface area (Å²) in [5, 5.41) is 0. The van der Waals surface area contributed by atoms with E-state index >= 15 is 0 Å². The van der Waals surface area contributed by atoms with E-state index in [-0.39, 0.29) is 0 Å². The first-order valence-corrected chi connectivity index (χ1v) is 4.67. The molecule has 1 aromatic carbocycles. The molecule has 0 aliphatic carbocycles. The number of nitrogens with two attached hydrogens (primary N) is 1. The Balaban J connectivity index is 3.13. The van der Waals surface area contributed by atoms with Gasteiger partial charge in [0.2, 0.25) is 0 Å². The second kappa shape index (κ2) is 4.21. The second-order valence-electron chi connectivity index (χ2n) is 3.72. The van der Waals surface area contributed by atoms with E-state index in [4.69, 9.17) is 10.5 Å². The highest BCUT2D eigenvalue weighted by molar-refractivity contribution is 5.69. The molecule has 0 aliphatic rings. The van der Waals surface area contributed by atoms with Gasteiger partial charge in [-0.3, -0.25) is 0 Å². The van der Waals surface area contributed by atoms with Crippen LogP contribution >= 0.6 is 0 Å². The number of primary amides is 1. The molecule has 0 atom stereocenters. The Bertz CT molecular complexity index is 363. The summed E-state index contributed by atoms with van der Waals surface area (Å²) in [6.45, 7) is 3.94. The summed E-state index contributed by atoms with van der Waals surface area (Å²) in [6, 6.07) is 3.60. The van der Waals surface area contributed by atoms with Gasteiger partial charge in [-0.15, -0.1) is 0 Å². The molecular weight excluding hydrogens is 192 g/mol. The van der Waals surface area contributed by atoms with Crippen molar-refractivity contribution in [2.75, 3.05) is 19.0 Å². The molecule has 82 valence electrons. The third-order valence-electron chi connectivity index (χ3n) is 2.13. The molecule has 0 aliphatic heterocycles. The van der Waals surface area contributed by atoms with Gasteiger partial charge >= 0.3 is 6.09 Å². The van der Waals surface area contributed by atoms with E-state index in [1.165, 1.54) is 0 Å². The van der Waals surface area contributed by atoms with Gasteiger partial charge < -0.3 is 15.4 Å². The third kappa shape index (κ3) is 2.62. The van der Waals surface area contributed by atoms with Crippen molar-refractivity contribution in [3.05, 3.63) is 23.3 Å². The lowest BCUT2D eigenvalue weighted by atomic mass is 10.1. The van der Waals surface area contributed by atoms with Crippen LogP contribution in [0.25, 0.3) is 0 Å². The van der Waals surface area contributed by atoms with Crippen LogP contribution in [0.2, 0.25) is 0 Å². The van der Waals surface area contributed by atoms with Crippen LogP contribution in [0.3, 0.4) is 0 Å². The molecule has 0 spiro atoms. The molecule has 4 nitrogen and oxygen atoms in total. The maximum Gasteiger partial charge on any atom is 0.409 e. The average molecular weight is 208 g/mol. The number of ether oxygens (including phenoxy) is 1. The zero-order valence-electron chi connectivity index (χ0n) is 9.50. The van der Waals surface area contributed by atoms with E-state index in [1.54, 1.807) is 12.1 Å². The highest BCUT2D eigenvalue weighted by atomic mass is 16.5. The van der Waals surface area contributed by atoms with Crippen LogP contribution in [0.5, 0.6) is 5.75 Å². The van der Waals surface area contributed by atoms with Crippen molar-refractivity contribution < 1.29 is 9.53 Å². The number of carbonyl (C=O) groups excluding carboxylic acids is 1. The first-order chi connectivity index (χ1) is 6.91. The van der Waals surface area contributed by atoms with Gasteiger partial charge in [-0.1, -0.05) is 0 Å². The molecule has 1 amide bonds. The summed E-state index contributed by atoms with van der Waals surface area (Å²) in [7, 11) is 3.95. The Labute approximate surface area is 89.6 Å². The summed E-state index contributed by atoms with van der Waals surface area (Å²) >= 11 is 0. The van der Waals surface area contributed by atoms with Crippen molar-refractivity contribution in [2.45, 2.75) is 13.8 Å². The minimum absolute atomic E-state index is 0.489. The van der Waals surface area contributed by atoms with Crippen LogP contribution in [0.1, 0.15) is 11.1 Å². The maximum atomic E-state index is 10.6. The van der Waals surface area contributed by atoms with Gasteiger partial charge in [0.1, 0.15) is 5.75 Å². The molecule has 0 heterocycles. The SMILES string of the molecule is Cc1cc(OC(N)=O)cc(C)c1N(C)C. The number of aryl methyl sites for hydroxylation is 2. The average Bonchev–Trinajstić information content (AvgIpc) is 1.99. The van der Waals surface area contributed by atoms with Crippen LogP contribution in [-0.2, 0) is 0 Å². The number of carbonyl (C=O) groups is 1. The lowest BCUT2D eigenvalue weighted by Gasteiger charge is -2.19. The summed E-state index contributed by atoms with van der Waals surface area (Å²) in [5.41, 5.74) is 8.19. The molecule has 1 rings (SSSR count). The fourth-order valence-electron chi connectivity index (χ4n) is 1.80. The van der Waals surface area contributed by atoms with E-state index in [9.17, 15) is 4.79 Å². The Hall–Kier alpha value is -1.71. The smallest absolute Gasteiger partial charge is 0.409 e. The summed E-state index contributed by atoms with van der Waals surface area (Å²) in [6.07, 6.45) is -0.786. The van der Waals surface area contributed by atoms with Crippen molar-refractivity contribution in [2.24, 2.45) is 5.73 Å². The number of hydrogen-bond donors (Lipinski definition) is 1. The fraction of sp³-hybridized carbons (Fsp3) is 0.364. The monoisotopic (exact) mass is 208 g/mol. The molecule has 15 heavy (non-hydrogen) atoms. The molecule has 2 N–H and O–H groups in total. The summed E-state index contributed by atoms with van der Waals surface area (Å²) in [5.74, 6) is 0.489. The Morgan fingerprint density at radius 3 is 2.07 bits per heavy atom. The van der Waals surface area contributed by atoms with Gasteiger partial charge in [0.15, 0.2) is 0 Å². The molecule has 0 aromatic heterocycles. The minimum atomic E-state index is -0.786. The van der Waals surface area contributed by atoms with Crippen molar-refractivity contribution in [3.63, 3.8) is 0 Å². The Kier molecular flexibility index (Phi) is 3.19. The molecule has 0 saturated heterocycles. The Morgan fingerprint density at radius 1 is 1.27 bits per heavy atom.